The van der Waals surface area contributed by atoms with Gasteiger partial charge in [-0.15, -0.1) is 0 Å². The topological polar surface area (TPSA) is 248 Å². The Morgan fingerprint density at radius 3 is 1.23 bits per heavy atom. The average Bonchev–Trinajstić information content (AvgIpc) is 3.19. The minimum Gasteiger partial charge on any atom is -0.504 e. The molecule has 0 bridgehead atoms. The average molecular weight is 770 g/mol. The van der Waals surface area contributed by atoms with Gasteiger partial charge in [-0.2, -0.15) is 0 Å². The lowest BCUT2D eigenvalue weighted by atomic mass is 9.82. The van der Waals surface area contributed by atoms with Crippen LogP contribution in [0.15, 0.2) is 79.1 Å². The van der Waals surface area contributed by atoms with Gasteiger partial charge in [-0.05, 0) is 123 Å². The molecular formula is C42H40FNO12. The van der Waals surface area contributed by atoms with Crippen LogP contribution < -0.4 is 16.6 Å². The van der Waals surface area contributed by atoms with E-state index < -0.39 is 63.0 Å². The fourth-order valence-electron chi connectivity index (χ4n) is 7.61. The maximum absolute atomic E-state index is 13.4. The molecular weight excluding hydrogens is 729 g/mol. The first-order chi connectivity index (χ1) is 26.7. The van der Waals surface area contributed by atoms with Crippen molar-refractivity contribution in [2.75, 3.05) is 0 Å². The number of phenolic OH excluding ortho intramolecular Hbond substituents is 6. The standard InChI is InChI=1S/C21H19FO6.C21H21NO6/c2*22-13-4-1-10(2-5-13)11-3-6-14-17(9-11)28-21(20(27)18(14)25)12-7-15(23)19(26)16(24)8-12/h3,6-10,13,23-24,26-27H,1-2,4-5H2;3,6-10,13,23-24,26-27H,1-2,4-5,22H2. The number of hydrogen-bond acceptors (Lipinski definition) is 13. The normalized spacial score (nSPS) is 19.8. The van der Waals surface area contributed by atoms with E-state index in [-0.39, 0.29) is 51.0 Å². The van der Waals surface area contributed by atoms with Gasteiger partial charge in [0, 0.05) is 17.2 Å². The van der Waals surface area contributed by atoms with Gasteiger partial charge in [-0.3, -0.25) is 9.59 Å². The highest BCUT2D eigenvalue weighted by Crippen LogP contribution is 2.43. The molecule has 56 heavy (non-hydrogen) atoms. The Morgan fingerprint density at radius 1 is 0.500 bits per heavy atom. The maximum Gasteiger partial charge on any atom is 0.235 e. The molecule has 0 atom stereocenters. The predicted octanol–water partition coefficient (Wildman–Crippen LogP) is 7.55. The Labute approximate surface area is 317 Å². The van der Waals surface area contributed by atoms with Crippen molar-refractivity contribution in [1.29, 1.82) is 0 Å². The summed E-state index contributed by atoms with van der Waals surface area (Å²) in [7, 11) is 0. The summed E-state index contributed by atoms with van der Waals surface area (Å²) >= 11 is 0. The Morgan fingerprint density at radius 2 is 0.857 bits per heavy atom. The largest absolute Gasteiger partial charge is 0.504 e. The van der Waals surface area contributed by atoms with Gasteiger partial charge in [0.25, 0.3) is 0 Å². The first-order valence-corrected chi connectivity index (χ1v) is 18.2. The summed E-state index contributed by atoms with van der Waals surface area (Å²) in [6, 6.07) is 15.0. The van der Waals surface area contributed by atoms with Crippen LogP contribution in [0.25, 0.3) is 44.6 Å². The van der Waals surface area contributed by atoms with Gasteiger partial charge < -0.3 is 55.4 Å². The highest BCUT2D eigenvalue weighted by Gasteiger charge is 2.25. The third-order valence-electron chi connectivity index (χ3n) is 10.8. The van der Waals surface area contributed by atoms with Crippen molar-refractivity contribution in [2.45, 2.75) is 75.4 Å². The molecule has 13 nitrogen and oxygen atoms in total. The zero-order chi connectivity index (χ0) is 40.0. The van der Waals surface area contributed by atoms with E-state index in [0.717, 1.165) is 61.1 Å². The molecule has 14 heteroatoms. The van der Waals surface area contributed by atoms with Crippen LogP contribution in [0.5, 0.6) is 46.0 Å². The zero-order valence-corrected chi connectivity index (χ0v) is 29.9. The molecule has 2 aliphatic rings. The van der Waals surface area contributed by atoms with E-state index >= 15 is 0 Å². The molecule has 6 aromatic rings. The first-order valence-electron chi connectivity index (χ1n) is 18.2. The van der Waals surface area contributed by atoms with Crippen LogP contribution in [-0.4, -0.2) is 53.1 Å². The van der Waals surface area contributed by atoms with Crippen LogP contribution in [0.4, 0.5) is 4.39 Å². The predicted molar refractivity (Wildman–Crippen MR) is 204 cm³/mol. The summed E-state index contributed by atoms with van der Waals surface area (Å²) in [6.45, 7) is 0. The monoisotopic (exact) mass is 769 g/mol. The van der Waals surface area contributed by atoms with Crippen LogP contribution in [0.1, 0.15) is 74.3 Å². The number of nitrogens with two attached hydrogens (primary N) is 1. The van der Waals surface area contributed by atoms with Crippen LogP contribution in [0.2, 0.25) is 0 Å². The highest BCUT2D eigenvalue weighted by atomic mass is 19.1. The lowest BCUT2D eigenvalue weighted by molar-refractivity contribution is 0.235. The molecule has 0 aliphatic heterocycles. The van der Waals surface area contributed by atoms with E-state index in [9.17, 15) is 54.8 Å². The maximum atomic E-state index is 13.4. The molecule has 8 rings (SSSR count). The molecule has 2 aromatic heterocycles. The van der Waals surface area contributed by atoms with Gasteiger partial charge in [0.2, 0.25) is 22.4 Å². The molecule has 0 unspecified atom stereocenters. The highest BCUT2D eigenvalue weighted by molar-refractivity contribution is 5.84. The third-order valence-corrected chi connectivity index (χ3v) is 10.8. The van der Waals surface area contributed by atoms with Crippen LogP contribution in [0.3, 0.4) is 0 Å². The lowest BCUT2D eigenvalue weighted by Crippen LogP contribution is -2.25. The Kier molecular flexibility index (Phi) is 10.2. The number of aromatic hydroxyl groups is 8. The van der Waals surface area contributed by atoms with Crippen molar-refractivity contribution < 1.29 is 54.1 Å². The Hall–Kier alpha value is -6.41. The second kappa shape index (κ2) is 15.0. The number of phenols is 6. The van der Waals surface area contributed by atoms with E-state index in [2.05, 4.69) is 0 Å². The molecule has 292 valence electrons. The molecule has 10 N–H and O–H groups in total. The molecule has 0 amide bonds. The van der Waals surface area contributed by atoms with E-state index in [0.29, 0.717) is 37.2 Å². The van der Waals surface area contributed by atoms with Gasteiger partial charge in [0.05, 0.1) is 10.8 Å². The molecule has 2 aliphatic carbocycles. The summed E-state index contributed by atoms with van der Waals surface area (Å²) in [5.74, 6) is -5.04. The molecule has 4 aromatic carbocycles. The van der Waals surface area contributed by atoms with Crippen molar-refractivity contribution in [3.63, 3.8) is 0 Å². The van der Waals surface area contributed by atoms with Crippen molar-refractivity contribution >= 4 is 21.9 Å². The zero-order valence-electron chi connectivity index (χ0n) is 29.9. The van der Waals surface area contributed by atoms with Crippen LogP contribution in [0, 0.1) is 0 Å². The summed E-state index contributed by atoms with van der Waals surface area (Å²) in [4.78, 5) is 25.1. The van der Waals surface area contributed by atoms with Gasteiger partial charge in [-0.1, -0.05) is 12.1 Å². The SMILES string of the molecule is NC1CCC(c2ccc3c(=O)c(O)c(-c4cc(O)c(O)c(O)c4)oc3c2)CC1.O=c1c(O)c(-c2cc(O)c(O)c(O)c2)oc2cc(C3CCC(F)CC3)ccc12. The van der Waals surface area contributed by atoms with E-state index in [4.69, 9.17) is 14.6 Å². The van der Waals surface area contributed by atoms with Gasteiger partial charge in [0.1, 0.15) is 17.3 Å². The number of alkyl halides is 1. The molecule has 0 radical (unpaired) electrons. The van der Waals surface area contributed by atoms with Crippen molar-refractivity contribution in [2.24, 2.45) is 5.73 Å². The summed E-state index contributed by atoms with van der Waals surface area (Å²) in [5.41, 5.74) is 7.32. The van der Waals surface area contributed by atoms with Gasteiger partial charge in [0.15, 0.2) is 46.0 Å². The quantitative estimate of drug-likeness (QED) is 0.0787. The van der Waals surface area contributed by atoms with Crippen molar-refractivity contribution in [1.82, 2.24) is 0 Å². The fourth-order valence-corrected chi connectivity index (χ4v) is 7.61. The summed E-state index contributed by atoms with van der Waals surface area (Å²) < 4.78 is 24.9. The van der Waals surface area contributed by atoms with Crippen LogP contribution >= 0.6 is 0 Å². The molecule has 0 spiro atoms. The lowest BCUT2D eigenvalue weighted by Gasteiger charge is -2.26. The van der Waals surface area contributed by atoms with Gasteiger partial charge >= 0.3 is 0 Å². The molecule has 2 saturated carbocycles. The molecule has 0 saturated heterocycles. The minimum atomic E-state index is -0.770. The van der Waals surface area contributed by atoms with Crippen LogP contribution in [-0.2, 0) is 0 Å². The Bertz CT molecular complexity index is 2360. The number of rotatable bonds is 4. The Balaban J connectivity index is 0.000000172. The van der Waals surface area contributed by atoms with E-state index in [1.807, 2.05) is 6.07 Å². The van der Waals surface area contributed by atoms with E-state index in [1.165, 1.54) is 0 Å². The number of hydrogen-bond donors (Lipinski definition) is 9. The van der Waals surface area contributed by atoms with Crippen molar-refractivity contribution in [3.05, 3.63) is 92.2 Å². The third kappa shape index (κ3) is 7.22. The summed E-state index contributed by atoms with van der Waals surface area (Å²) in [6.07, 6.45) is 5.46. The molecule has 2 fully saturated rings. The molecule has 2 heterocycles. The minimum absolute atomic E-state index is 0.0349. The fraction of sp³-hybridized carbons (Fsp3) is 0.286. The van der Waals surface area contributed by atoms with Gasteiger partial charge in [-0.25, -0.2) is 4.39 Å². The smallest absolute Gasteiger partial charge is 0.235 e. The van der Waals surface area contributed by atoms with Crippen molar-refractivity contribution in [3.8, 4) is 68.6 Å². The number of benzene rings is 4. The van der Waals surface area contributed by atoms with E-state index in [1.54, 1.807) is 30.3 Å². The second-order valence-corrected chi connectivity index (χ2v) is 14.5. The second-order valence-electron chi connectivity index (χ2n) is 14.5. The number of halogens is 1. The summed E-state index contributed by atoms with van der Waals surface area (Å²) in [5, 5.41) is 78.9. The number of fused-ring (bicyclic) bond motifs is 2. The first kappa shape index (κ1) is 37.9.